The average Bonchev–Trinajstić information content (AvgIpc) is 3.24. The molecule has 0 radical (unpaired) electrons. The van der Waals surface area contributed by atoms with Gasteiger partial charge in [-0.25, -0.2) is 4.98 Å². The molecular formula is C16H17N5O2S. The number of ether oxygens (including phenoxy) is 1. The molecule has 0 fully saturated rings. The fourth-order valence-corrected chi connectivity index (χ4v) is 3.16. The van der Waals surface area contributed by atoms with Crippen molar-refractivity contribution >= 4 is 22.9 Å². The molecule has 1 aromatic carbocycles. The largest absolute Gasteiger partial charge is 0.375 e. The first kappa shape index (κ1) is 16.3. The van der Waals surface area contributed by atoms with Gasteiger partial charge in [0.2, 0.25) is 0 Å². The molecule has 0 aliphatic rings. The van der Waals surface area contributed by atoms with Crippen LogP contribution >= 0.6 is 11.3 Å². The van der Waals surface area contributed by atoms with E-state index < -0.39 is 0 Å². The average molecular weight is 343 g/mol. The van der Waals surface area contributed by atoms with Crippen molar-refractivity contribution in [3.63, 3.8) is 0 Å². The normalized spacial score (nSPS) is 12.1. The number of hydrogen-bond acceptors (Lipinski definition) is 6. The van der Waals surface area contributed by atoms with Gasteiger partial charge in [-0.1, -0.05) is 6.07 Å². The molecule has 0 unspecified atom stereocenters. The lowest BCUT2D eigenvalue weighted by Gasteiger charge is -2.07. The summed E-state index contributed by atoms with van der Waals surface area (Å²) in [6.07, 6.45) is 3.08. The summed E-state index contributed by atoms with van der Waals surface area (Å²) < 4.78 is 7.03. The molecule has 0 bridgehead atoms. The molecule has 1 amide bonds. The summed E-state index contributed by atoms with van der Waals surface area (Å²) in [5.74, 6) is -0.180. The van der Waals surface area contributed by atoms with Crippen molar-refractivity contribution in [3.05, 3.63) is 52.5 Å². The zero-order chi connectivity index (χ0) is 17.1. The Kier molecular flexibility index (Phi) is 4.68. The maximum absolute atomic E-state index is 12.5. The number of thiazole rings is 1. The smallest absolute Gasteiger partial charge is 0.267 e. The molecule has 1 N–H and O–H groups in total. The van der Waals surface area contributed by atoms with Gasteiger partial charge >= 0.3 is 0 Å². The van der Waals surface area contributed by atoms with Crippen molar-refractivity contribution in [3.8, 4) is 5.69 Å². The van der Waals surface area contributed by atoms with E-state index >= 15 is 0 Å². The standard InChI is InChI=1S/C16H17N5O2S/c1-10-14(24-16(19-10)11(2)23-3)15(22)20-12-5-4-6-13(7-12)21-8-17-18-9-21/h4-9,11H,1-3H3,(H,20,22)/t11-/m0/s1. The molecule has 0 saturated heterocycles. The number of carbonyl (C=O) groups is 1. The van der Waals surface area contributed by atoms with Crippen LogP contribution in [0.3, 0.4) is 0 Å². The van der Waals surface area contributed by atoms with E-state index in [-0.39, 0.29) is 12.0 Å². The SMILES string of the molecule is CO[C@@H](C)c1nc(C)c(C(=O)Nc2cccc(-n3cnnc3)c2)s1. The van der Waals surface area contributed by atoms with E-state index in [0.29, 0.717) is 16.3 Å². The highest BCUT2D eigenvalue weighted by Gasteiger charge is 2.18. The fourth-order valence-electron chi connectivity index (χ4n) is 2.17. The number of hydrogen-bond donors (Lipinski definition) is 1. The van der Waals surface area contributed by atoms with E-state index in [0.717, 1.165) is 10.7 Å². The van der Waals surface area contributed by atoms with E-state index in [1.807, 2.05) is 38.1 Å². The quantitative estimate of drug-likeness (QED) is 0.770. The van der Waals surface area contributed by atoms with Crippen LogP contribution < -0.4 is 5.32 Å². The number of methoxy groups -OCH3 is 1. The molecule has 3 aromatic rings. The molecule has 24 heavy (non-hydrogen) atoms. The summed E-state index contributed by atoms with van der Waals surface area (Å²) >= 11 is 1.35. The molecule has 8 heteroatoms. The third kappa shape index (κ3) is 3.34. The Labute approximate surface area is 143 Å². The second-order valence-electron chi connectivity index (χ2n) is 5.22. The summed E-state index contributed by atoms with van der Waals surface area (Å²) in [5, 5.41) is 11.3. The van der Waals surface area contributed by atoms with Gasteiger partial charge in [0.05, 0.1) is 11.4 Å². The highest BCUT2D eigenvalue weighted by molar-refractivity contribution is 7.14. The van der Waals surface area contributed by atoms with Crippen molar-refractivity contribution in [2.45, 2.75) is 20.0 Å². The molecule has 0 aliphatic heterocycles. The van der Waals surface area contributed by atoms with E-state index in [1.54, 1.807) is 24.3 Å². The monoisotopic (exact) mass is 343 g/mol. The number of aromatic nitrogens is 4. The lowest BCUT2D eigenvalue weighted by Crippen LogP contribution is -2.11. The molecule has 2 heterocycles. The van der Waals surface area contributed by atoms with E-state index in [2.05, 4.69) is 20.5 Å². The maximum Gasteiger partial charge on any atom is 0.267 e. The van der Waals surface area contributed by atoms with Gasteiger partial charge < -0.3 is 10.1 Å². The Balaban J connectivity index is 1.80. The van der Waals surface area contributed by atoms with Crippen molar-refractivity contribution in [1.82, 2.24) is 19.7 Å². The number of carbonyl (C=O) groups excluding carboxylic acids is 1. The van der Waals surface area contributed by atoms with Crippen LogP contribution in [0.2, 0.25) is 0 Å². The fraction of sp³-hybridized carbons (Fsp3) is 0.250. The van der Waals surface area contributed by atoms with Gasteiger partial charge in [0.15, 0.2) is 0 Å². The van der Waals surface area contributed by atoms with Crippen LogP contribution in [0.4, 0.5) is 5.69 Å². The van der Waals surface area contributed by atoms with Crippen LogP contribution in [-0.2, 0) is 4.74 Å². The molecule has 3 rings (SSSR count). The Hall–Kier alpha value is -2.58. The summed E-state index contributed by atoms with van der Waals surface area (Å²) in [6, 6.07) is 7.47. The first-order valence-electron chi connectivity index (χ1n) is 7.35. The van der Waals surface area contributed by atoms with Crippen LogP contribution in [0.1, 0.15) is 33.4 Å². The summed E-state index contributed by atoms with van der Waals surface area (Å²) in [4.78, 5) is 17.5. The summed E-state index contributed by atoms with van der Waals surface area (Å²) in [6.45, 7) is 3.73. The van der Waals surface area contributed by atoms with Gasteiger partial charge in [0.25, 0.3) is 5.91 Å². The molecule has 0 spiro atoms. The van der Waals surface area contributed by atoms with Gasteiger partial charge in [0.1, 0.15) is 28.6 Å². The van der Waals surface area contributed by atoms with Gasteiger partial charge in [-0.15, -0.1) is 21.5 Å². The molecule has 7 nitrogen and oxygen atoms in total. The maximum atomic E-state index is 12.5. The zero-order valence-electron chi connectivity index (χ0n) is 13.6. The number of benzene rings is 1. The van der Waals surface area contributed by atoms with Crippen molar-refractivity contribution in [1.29, 1.82) is 0 Å². The number of nitrogens with zero attached hydrogens (tertiary/aromatic N) is 4. The highest BCUT2D eigenvalue weighted by atomic mass is 32.1. The topological polar surface area (TPSA) is 81.9 Å². The summed E-state index contributed by atoms with van der Waals surface area (Å²) in [5.41, 5.74) is 2.26. The molecule has 124 valence electrons. The second kappa shape index (κ2) is 6.90. The van der Waals surface area contributed by atoms with Crippen LogP contribution in [0.15, 0.2) is 36.9 Å². The minimum absolute atomic E-state index is 0.132. The lowest BCUT2D eigenvalue weighted by atomic mass is 10.2. The minimum atomic E-state index is -0.180. The minimum Gasteiger partial charge on any atom is -0.375 e. The number of anilines is 1. The predicted octanol–water partition coefficient (Wildman–Crippen LogP) is 2.99. The molecule has 0 saturated carbocycles. The van der Waals surface area contributed by atoms with Gasteiger partial charge in [-0.3, -0.25) is 9.36 Å². The first-order valence-corrected chi connectivity index (χ1v) is 8.16. The number of aryl methyl sites for hydroxylation is 1. The van der Waals surface area contributed by atoms with E-state index in [1.165, 1.54) is 11.3 Å². The molecule has 1 atom stereocenters. The van der Waals surface area contributed by atoms with Crippen molar-refractivity contribution < 1.29 is 9.53 Å². The molecule has 0 aliphatic carbocycles. The highest BCUT2D eigenvalue weighted by Crippen LogP contribution is 2.26. The van der Waals surface area contributed by atoms with E-state index in [4.69, 9.17) is 4.74 Å². The molecular weight excluding hydrogens is 326 g/mol. The van der Waals surface area contributed by atoms with Crippen LogP contribution in [-0.4, -0.2) is 32.8 Å². The van der Waals surface area contributed by atoms with Gasteiger partial charge in [0, 0.05) is 12.8 Å². The number of nitrogens with one attached hydrogen (secondary N) is 1. The van der Waals surface area contributed by atoms with E-state index in [9.17, 15) is 4.79 Å². The third-order valence-electron chi connectivity index (χ3n) is 3.54. The Morgan fingerprint density at radius 1 is 1.33 bits per heavy atom. The van der Waals surface area contributed by atoms with Crippen LogP contribution in [0, 0.1) is 6.92 Å². The Bertz CT molecular complexity index is 844. The van der Waals surface area contributed by atoms with Gasteiger partial charge in [-0.05, 0) is 32.0 Å². The van der Waals surface area contributed by atoms with Crippen LogP contribution in [0.5, 0.6) is 0 Å². The Morgan fingerprint density at radius 2 is 2.08 bits per heavy atom. The summed E-state index contributed by atoms with van der Waals surface area (Å²) in [7, 11) is 1.62. The van der Waals surface area contributed by atoms with Gasteiger partial charge in [-0.2, -0.15) is 0 Å². The second-order valence-corrected chi connectivity index (χ2v) is 6.25. The van der Waals surface area contributed by atoms with Crippen LogP contribution in [0.25, 0.3) is 5.69 Å². The third-order valence-corrected chi connectivity index (χ3v) is 4.86. The van der Waals surface area contributed by atoms with Crippen molar-refractivity contribution in [2.24, 2.45) is 0 Å². The van der Waals surface area contributed by atoms with Crippen molar-refractivity contribution in [2.75, 3.05) is 12.4 Å². The number of rotatable bonds is 5. The first-order chi connectivity index (χ1) is 11.6. The number of amides is 1. The lowest BCUT2D eigenvalue weighted by molar-refractivity contribution is 0.103. The molecule has 2 aromatic heterocycles. The predicted molar refractivity (Wildman–Crippen MR) is 91.6 cm³/mol. The zero-order valence-corrected chi connectivity index (χ0v) is 14.4. The Morgan fingerprint density at radius 3 is 2.79 bits per heavy atom.